The Balaban J connectivity index is 1.48. The molecule has 1 fully saturated rings. The second-order valence-electron chi connectivity index (χ2n) is 5.15. The second kappa shape index (κ2) is 8.97. The van der Waals surface area contributed by atoms with Crippen LogP contribution in [0.4, 0.5) is 0 Å². The highest BCUT2D eigenvalue weighted by Gasteiger charge is 2.14. The van der Waals surface area contributed by atoms with Gasteiger partial charge < -0.3 is 15.8 Å². The molecule has 0 unspecified atom stereocenters. The standard InChI is InChI=1S/C15H25N3OS/c16-15(18-10-8-14-7-3-12-20-14)17-9-4-11-19-13-5-1-2-6-13/h3,7,12-13H,1-2,4-6,8-11H2,(H3,16,17,18). The van der Waals surface area contributed by atoms with Crippen LogP contribution in [0.15, 0.2) is 22.5 Å². The van der Waals surface area contributed by atoms with Crippen molar-refractivity contribution in [1.29, 1.82) is 0 Å². The largest absolute Gasteiger partial charge is 0.378 e. The average molecular weight is 295 g/mol. The Bertz CT molecular complexity index is 386. The van der Waals surface area contributed by atoms with Crippen molar-refractivity contribution in [2.24, 2.45) is 10.7 Å². The molecule has 0 spiro atoms. The molecule has 0 bridgehead atoms. The minimum Gasteiger partial charge on any atom is -0.378 e. The molecule has 0 saturated heterocycles. The van der Waals surface area contributed by atoms with Crippen molar-refractivity contribution in [3.05, 3.63) is 22.4 Å². The van der Waals surface area contributed by atoms with Crippen LogP contribution in [-0.2, 0) is 11.2 Å². The number of nitrogens with zero attached hydrogens (tertiary/aromatic N) is 1. The topological polar surface area (TPSA) is 59.6 Å². The van der Waals surface area contributed by atoms with E-state index in [1.54, 1.807) is 11.3 Å². The monoisotopic (exact) mass is 295 g/mol. The highest BCUT2D eigenvalue weighted by molar-refractivity contribution is 7.09. The number of thiophene rings is 1. The predicted molar refractivity (Wildman–Crippen MR) is 85.3 cm³/mol. The van der Waals surface area contributed by atoms with Crippen LogP contribution < -0.4 is 11.1 Å². The Hall–Kier alpha value is -1.07. The van der Waals surface area contributed by atoms with E-state index in [0.717, 1.165) is 32.5 Å². The molecule has 5 heteroatoms. The predicted octanol–water partition coefficient (Wildman–Crippen LogP) is 2.54. The van der Waals surface area contributed by atoms with E-state index < -0.39 is 0 Å². The van der Waals surface area contributed by atoms with E-state index in [1.807, 2.05) is 0 Å². The second-order valence-corrected chi connectivity index (χ2v) is 6.19. The van der Waals surface area contributed by atoms with Crippen molar-refractivity contribution in [1.82, 2.24) is 5.32 Å². The summed E-state index contributed by atoms with van der Waals surface area (Å²) in [6, 6.07) is 4.21. The summed E-state index contributed by atoms with van der Waals surface area (Å²) >= 11 is 1.77. The Morgan fingerprint density at radius 1 is 1.45 bits per heavy atom. The van der Waals surface area contributed by atoms with Gasteiger partial charge in [0.2, 0.25) is 0 Å². The molecule has 20 heavy (non-hydrogen) atoms. The summed E-state index contributed by atoms with van der Waals surface area (Å²) in [4.78, 5) is 5.68. The van der Waals surface area contributed by atoms with Gasteiger partial charge in [0.25, 0.3) is 0 Å². The van der Waals surface area contributed by atoms with Crippen molar-refractivity contribution >= 4 is 17.3 Å². The van der Waals surface area contributed by atoms with Gasteiger partial charge in [-0.05, 0) is 37.1 Å². The van der Waals surface area contributed by atoms with Crippen LogP contribution in [-0.4, -0.2) is 31.8 Å². The third-order valence-corrected chi connectivity index (χ3v) is 4.43. The molecule has 1 saturated carbocycles. The number of hydrogen-bond acceptors (Lipinski definition) is 3. The molecule has 4 nitrogen and oxygen atoms in total. The number of aliphatic imine (C=N–C) groups is 1. The average Bonchev–Trinajstić information content (AvgIpc) is 3.11. The summed E-state index contributed by atoms with van der Waals surface area (Å²) in [5, 5.41) is 5.24. The number of nitrogens with two attached hydrogens (primary N) is 1. The maximum absolute atomic E-state index is 5.82. The van der Waals surface area contributed by atoms with Gasteiger partial charge in [-0.25, -0.2) is 0 Å². The molecule has 0 radical (unpaired) electrons. The highest BCUT2D eigenvalue weighted by Crippen LogP contribution is 2.20. The molecular weight excluding hydrogens is 270 g/mol. The zero-order chi connectivity index (χ0) is 14.0. The minimum atomic E-state index is 0.500. The first-order chi connectivity index (χ1) is 9.84. The molecule has 0 amide bonds. The fourth-order valence-corrected chi connectivity index (χ4v) is 3.10. The SMILES string of the molecule is NC(=NCCCOC1CCCC1)NCCc1cccs1. The Labute approximate surface area is 125 Å². The number of nitrogens with one attached hydrogen (secondary N) is 1. The lowest BCUT2D eigenvalue weighted by molar-refractivity contribution is 0.0579. The zero-order valence-electron chi connectivity index (χ0n) is 12.0. The van der Waals surface area contributed by atoms with Crippen LogP contribution in [0.3, 0.4) is 0 Å². The maximum atomic E-state index is 5.82. The molecular formula is C15H25N3OS. The zero-order valence-corrected chi connectivity index (χ0v) is 12.8. The summed E-state index contributed by atoms with van der Waals surface area (Å²) in [5.41, 5.74) is 5.82. The van der Waals surface area contributed by atoms with Crippen molar-refractivity contribution in [2.45, 2.75) is 44.6 Å². The lowest BCUT2D eigenvalue weighted by Crippen LogP contribution is -2.33. The summed E-state index contributed by atoms with van der Waals surface area (Å²) in [5.74, 6) is 0.544. The van der Waals surface area contributed by atoms with Crippen molar-refractivity contribution < 1.29 is 4.74 Å². The van der Waals surface area contributed by atoms with E-state index in [0.29, 0.717) is 12.1 Å². The van der Waals surface area contributed by atoms with Gasteiger partial charge in [0.1, 0.15) is 0 Å². The molecule has 2 rings (SSSR count). The maximum Gasteiger partial charge on any atom is 0.188 e. The van der Waals surface area contributed by atoms with Gasteiger partial charge >= 0.3 is 0 Å². The number of hydrogen-bond donors (Lipinski definition) is 2. The van der Waals surface area contributed by atoms with Gasteiger partial charge in [-0.15, -0.1) is 11.3 Å². The molecule has 1 aliphatic carbocycles. The smallest absolute Gasteiger partial charge is 0.188 e. The molecule has 3 N–H and O–H groups in total. The summed E-state index contributed by atoms with van der Waals surface area (Å²) in [6.45, 7) is 2.38. The normalized spacial score (nSPS) is 16.7. The molecule has 0 atom stereocenters. The van der Waals surface area contributed by atoms with E-state index in [4.69, 9.17) is 10.5 Å². The van der Waals surface area contributed by atoms with Crippen molar-refractivity contribution in [3.8, 4) is 0 Å². The molecule has 1 aromatic heterocycles. The van der Waals surface area contributed by atoms with Crippen LogP contribution in [0.5, 0.6) is 0 Å². The van der Waals surface area contributed by atoms with Gasteiger partial charge in [0, 0.05) is 24.6 Å². The van der Waals surface area contributed by atoms with Gasteiger partial charge in [-0.1, -0.05) is 18.9 Å². The molecule has 112 valence electrons. The number of ether oxygens (including phenoxy) is 1. The van der Waals surface area contributed by atoms with E-state index in [1.165, 1.54) is 30.6 Å². The lowest BCUT2D eigenvalue weighted by Gasteiger charge is -2.10. The third kappa shape index (κ3) is 5.92. The Morgan fingerprint density at radius 3 is 3.05 bits per heavy atom. The first-order valence-electron chi connectivity index (χ1n) is 7.52. The number of rotatable bonds is 8. The Morgan fingerprint density at radius 2 is 2.30 bits per heavy atom. The molecule has 0 aliphatic heterocycles. The van der Waals surface area contributed by atoms with E-state index in [9.17, 15) is 0 Å². The lowest BCUT2D eigenvalue weighted by atomic mass is 10.3. The van der Waals surface area contributed by atoms with Gasteiger partial charge in [-0.3, -0.25) is 4.99 Å². The van der Waals surface area contributed by atoms with E-state index >= 15 is 0 Å². The highest BCUT2D eigenvalue weighted by atomic mass is 32.1. The third-order valence-electron chi connectivity index (χ3n) is 3.50. The van der Waals surface area contributed by atoms with E-state index in [2.05, 4.69) is 27.8 Å². The molecule has 1 aliphatic rings. The van der Waals surface area contributed by atoms with Gasteiger partial charge in [0.15, 0.2) is 5.96 Å². The van der Waals surface area contributed by atoms with Crippen LogP contribution in [0.2, 0.25) is 0 Å². The van der Waals surface area contributed by atoms with Crippen molar-refractivity contribution in [3.63, 3.8) is 0 Å². The summed E-state index contributed by atoms with van der Waals surface area (Å²) in [6.07, 6.45) is 7.56. The molecule has 1 heterocycles. The Kier molecular flexibility index (Phi) is 6.88. The van der Waals surface area contributed by atoms with Crippen LogP contribution >= 0.6 is 11.3 Å². The van der Waals surface area contributed by atoms with Crippen LogP contribution in [0.1, 0.15) is 37.0 Å². The fraction of sp³-hybridized carbons (Fsp3) is 0.667. The summed E-state index contributed by atoms with van der Waals surface area (Å²) < 4.78 is 5.79. The fourth-order valence-electron chi connectivity index (χ4n) is 2.39. The van der Waals surface area contributed by atoms with Gasteiger partial charge in [0.05, 0.1) is 6.10 Å². The number of guanidine groups is 1. The first kappa shape index (κ1) is 15.3. The minimum absolute atomic E-state index is 0.500. The summed E-state index contributed by atoms with van der Waals surface area (Å²) in [7, 11) is 0. The van der Waals surface area contributed by atoms with Crippen LogP contribution in [0, 0.1) is 0 Å². The van der Waals surface area contributed by atoms with Crippen molar-refractivity contribution in [2.75, 3.05) is 19.7 Å². The van der Waals surface area contributed by atoms with Crippen LogP contribution in [0.25, 0.3) is 0 Å². The molecule has 1 aromatic rings. The quantitative estimate of drug-likeness (QED) is 0.440. The molecule has 0 aromatic carbocycles. The first-order valence-corrected chi connectivity index (χ1v) is 8.40. The van der Waals surface area contributed by atoms with Gasteiger partial charge in [-0.2, -0.15) is 0 Å². The van der Waals surface area contributed by atoms with E-state index in [-0.39, 0.29) is 0 Å².